The number of nitro benzene ring substituents is 1. The van der Waals surface area contributed by atoms with E-state index < -0.39 is 4.92 Å². The number of hydrogen-bond donors (Lipinski definition) is 0. The second-order valence-corrected chi connectivity index (χ2v) is 9.84. The largest absolute Gasteiger partial charge is 0.497 e. The molecule has 0 N–H and O–H groups in total. The molecule has 3 aromatic rings. The van der Waals surface area contributed by atoms with Gasteiger partial charge in [0.05, 0.1) is 43.3 Å². The Balaban J connectivity index is 0.000000323. The minimum Gasteiger partial charge on any atom is -0.497 e. The van der Waals surface area contributed by atoms with Crippen molar-refractivity contribution >= 4 is 5.69 Å². The highest BCUT2D eigenvalue weighted by Gasteiger charge is 2.02. The van der Waals surface area contributed by atoms with Gasteiger partial charge in [0.25, 0.3) is 5.69 Å². The number of nitrogens with zero attached hydrogens (tertiary/aromatic N) is 5. The molecule has 3 rings (SSSR count). The number of benzene rings is 3. The molecule has 3 aromatic carbocycles. The molecule has 0 bridgehead atoms. The van der Waals surface area contributed by atoms with Crippen molar-refractivity contribution < 1.29 is 9.66 Å². The van der Waals surface area contributed by atoms with Crippen molar-refractivity contribution in [1.29, 1.82) is 5.26 Å². The number of methoxy groups -OCH3 is 1. The Morgan fingerprint density at radius 1 is 0.628 bits per heavy atom. The molecule has 8 heteroatoms. The predicted molar refractivity (Wildman–Crippen MR) is 174 cm³/mol. The van der Waals surface area contributed by atoms with Gasteiger partial charge in [-0.3, -0.25) is 24.8 Å². The molecule has 0 amide bonds. The van der Waals surface area contributed by atoms with E-state index in [-0.39, 0.29) is 5.69 Å². The van der Waals surface area contributed by atoms with Crippen molar-refractivity contribution in [3.8, 4) is 47.3 Å². The van der Waals surface area contributed by atoms with E-state index in [1.54, 1.807) is 31.4 Å². The predicted octanol–water partition coefficient (Wildman–Crippen LogP) is 4.59. The van der Waals surface area contributed by atoms with Gasteiger partial charge in [0.15, 0.2) is 0 Å². The van der Waals surface area contributed by atoms with Crippen molar-refractivity contribution in [2.24, 2.45) is 0 Å². The van der Waals surface area contributed by atoms with Gasteiger partial charge < -0.3 is 4.74 Å². The lowest BCUT2D eigenvalue weighted by molar-refractivity contribution is -0.384. The third kappa shape index (κ3) is 17.4. The maximum atomic E-state index is 10.4. The van der Waals surface area contributed by atoms with E-state index in [9.17, 15) is 10.1 Å². The van der Waals surface area contributed by atoms with Gasteiger partial charge in [-0.1, -0.05) is 35.5 Å². The van der Waals surface area contributed by atoms with Crippen LogP contribution in [0, 0.1) is 57.0 Å². The first kappa shape index (κ1) is 35.9. The fraction of sp³-hybridized carbons (Fsp3) is 0.286. The molecule has 0 aromatic heterocycles. The molecule has 222 valence electrons. The summed E-state index contributed by atoms with van der Waals surface area (Å²) in [6.45, 7) is 2.21. The summed E-state index contributed by atoms with van der Waals surface area (Å²) < 4.78 is 5.06. The molecule has 0 heterocycles. The van der Waals surface area contributed by atoms with E-state index in [0.29, 0.717) is 12.1 Å². The van der Waals surface area contributed by atoms with Crippen LogP contribution in [0.25, 0.3) is 0 Å². The number of rotatable bonds is 5. The Kier molecular flexibility index (Phi) is 17.3. The lowest BCUT2D eigenvalue weighted by atomic mass is 10.1. The lowest BCUT2D eigenvalue weighted by Gasteiger charge is -2.01. The molecule has 0 saturated heterocycles. The number of hydrogen-bond acceptors (Lipinski definition) is 7. The van der Waals surface area contributed by atoms with Crippen molar-refractivity contribution in [1.82, 2.24) is 14.7 Å². The summed E-state index contributed by atoms with van der Waals surface area (Å²) >= 11 is 0. The maximum absolute atomic E-state index is 10.4. The Bertz CT molecular complexity index is 1490. The van der Waals surface area contributed by atoms with Gasteiger partial charge >= 0.3 is 0 Å². The molecule has 0 fully saturated rings. The minimum atomic E-state index is -0.420. The third-order valence-electron chi connectivity index (χ3n) is 5.07. The minimum absolute atomic E-state index is 0.0909. The molecule has 43 heavy (non-hydrogen) atoms. The monoisotopic (exact) mass is 577 g/mol. The smallest absolute Gasteiger partial charge is 0.269 e. The highest BCUT2D eigenvalue weighted by Crippen LogP contribution is 2.11. The average Bonchev–Trinajstić information content (AvgIpc) is 2.98. The Morgan fingerprint density at radius 2 is 0.953 bits per heavy atom. The molecule has 0 radical (unpaired) electrons. The molecule has 0 aliphatic carbocycles. The highest BCUT2D eigenvalue weighted by atomic mass is 16.6. The summed E-state index contributed by atoms with van der Waals surface area (Å²) in [5, 5.41) is 19.0. The van der Waals surface area contributed by atoms with Crippen molar-refractivity contribution in [2.45, 2.75) is 0 Å². The van der Waals surface area contributed by atoms with Crippen LogP contribution in [0.4, 0.5) is 5.69 Å². The molecular formula is C35H39N5O3. The van der Waals surface area contributed by atoms with Crippen molar-refractivity contribution in [3.63, 3.8) is 0 Å². The van der Waals surface area contributed by atoms with E-state index in [0.717, 1.165) is 35.5 Å². The van der Waals surface area contributed by atoms with Crippen LogP contribution >= 0.6 is 0 Å². The van der Waals surface area contributed by atoms with E-state index in [1.807, 2.05) is 93.4 Å². The Labute approximate surface area is 256 Å². The van der Waals surface area contributed by atoms with Crippen molar-refractivity contribution in [2.75, 3.05) is 69.0 Å². The third-order valence-corrected chi connectivity index (χ3v) is 5.07. The number of non-ortho nitro benzene ring substituents is 1. The molecule has 0 aliphatic rings. The van der Waals surface area contributed by atoms with Crippen LogP contribution in [0.1, 0.15) is 22.3 Å². The normalized spacial score (nSPS) is 9.33. The quantitative estimate of drug-likeness (QED) is 0.249. The van der Waals surface area contributed by atoms with Gasteiger partial charge in [-0.25, -0.2) is 0 Å². The molecule has 0 spiro atoms. The molecule has 0 aliphatic heterocycles. The summed E-state index contributed by atoms with van der Waals surface area (Å²) in [6, 6.07) is 23.3. The van der Waals surface area contributed by atoms with Crippen LogP contribution in [-0.2, 0) is 0 Å². The zero-order valence-corrected chi connectivity index (χ0v) is 26.0. The van der Waals surface area contributed by atoms with E-state index in [1.165, 1.54) is 12.1 Å². The van der Waals surface area contributed by atoms with E-state index in [2.05, 4.69) is 41.6 Å². The zero-order chi connectivity index (χ0) is 32.0. The summed E-state index contributed by atoms with van der Waals surface area (Å²) in [5.74, 6) is 19.0. The van der Waals surface area contributed by atoms with Crippen molar-refractivity contribution in [3.05, 3.63) is 105 Å². The van der Waals surface area contributed by atoms with Gasteiger partial charge in [-0.2, -0.15) is 5.26 Å². The molecule has 0 atom stereocenters. The fourth-order valence-corrected chi connectivity index (χ4v) is 2.87. The first-order chi connectivity index (χ1) is 20.5. The van der Waals surface area contributed by atoms with E-state index in [4.69, 9.17) is 10.00 Å². The highest BCUT2D eigenvalue weighted by molar-refractivity contribution is 5.42. The number of nitro groups is 1. The average molecular weight is 578 g/mol. The van der Waals surface area contributed by atoms with Gasteiger partial charge in [0.2, 0.25) is 0 Å². The van der Waals surface area contributed by atoms with Crippen LogP contribution in [0.5, 0.6) is 5.75 Å². The lowest BCUT2D eigenvalue weighted by Crippen LogP contribution is -2.10. The Morgan fingerprint density at radius 3 is 1.26 bits per heavy atom. The van der Waals surface area contributed by atoms with Crippen LogP contribution in [0.15, 0.2) is 72.8 Å². The van der Waals surface area contributed by atoms with E-state index >= 15 is 0 Å². The van der Waals surface area contributed by atoms with Gasteiger partial charge in [0, 0.05) is 28.8 Å². The van der Waals surface area contributed by atoms with Crippen LogP contribution < -0.4 is 4.74 Å². The van der Waals surface area contributed by atoms with Gasteiger partial charge in [-0.05, 0) is 103 Å². The van der Waals surface area contributed by atoms with Crippen LogP contribution in [0.2, 0.25) is 0 Å². The molecular weight excluding hydrogens is 538 g/mol. The zero-order valence-electron chi connectivity index (χ0n) is 26.0. The van der Waals surface area contributed by atoms with Crippen LogP contribution in [-0.4, -0.2) is 88.7 Å². The Hall–Kier alpha value is -5.09. The summed E-state index contributed by atoms with van der Waals surface area (Å²) in [6.07, 6.45) is 0. The number of ether oxygens (including phenoxy) is 1. The summed E-state index contributed by atoms with van der Waals surface area (Å²) in [4.78, 5) is 16.0. The van der Waals surface area contributed by atoms with Gasteiger partial charge in [-0.15, -0.1) is 0 Å². The summed E-state index contributed by atoms with van der Waals surface area (Å²) in [5.41, 5.74) is 3.53. The molecule has 0 unspecified atom stereocenters. The van der Waals surface area contributed by atoms with Crippen LogP contribution in [0.3, 0.4) is 0 Å². The standard InChI is InChI=1S/C12H12N2.C12H15NO.C11H12N2O2/c1-14(2)9-3-4-11-5-7-12(10-13)8-6-11;1-13(2)10-4-5-11-6-8-12(14-3)9-7-11;1-12(2)9-3-4-10-5-7-11(8-6-10)13(14)15/h5-8H,9H2,1-2H3;6-9H,10H2,1-3H3;5-8H,9H2,1-2H3. The first-order valence-electron chi connectivity index (χ1n) is 13.3. The van der Waals surface area contributed by atoms with Gasteiger partial charge in [0.1, 0.15) is 5.75 Å². The summed E-state index contributed by atoms with van der Waals surface area (Å²) in [7, 11) is 13.5. The number of nitriles is 1. The first-order valence-corrected chi connectivity index (χ1v) is 13.3. The fourth-order valence-electron chi connectivity index (χ4n) is 2.87. The topological polar surface area (TPSA) is 85.9 Å². The second-order valence-electron chi connectivity index (χ2n) is 9.84. The second kappa shape index (κ2) is 20.7. The maximum Gasteiger partial charge on any atom is 0.269 e. The SMILES string of the molecule is CN(C)CC#Cc1ccc(C#N)cc1.CN(C)CC#Cc1ccc([N+](=O)[O-])cc1.COc1ccc(C#CCN(C)C)cc1. The molecule has 8 nitrogen and oxygen atoms in total. The molecule has 0 saturated carbocycles.